The second kappa shape index (κ2) is 6.97. The van der Waals surface area contributed by atoms with E-state index in [4.69, 9.17) is 0 Å². The molecule has 1 heterocycles. The average Bonchev–Trinajstić information content (AvgIpc) is 2.54. The van der Waals surface area contributed by atoms with Gasteiger partial charge in [-0.2, -0.15) is 0 Å². The molecular formula is C18H22BrN3O. The van der Waals surface area contributed by atoms with Crippen molar-refractivity contribution >= 4 is 38.4 Å². The summed E-state index contributed by atoms with van der Waals surface area (Å²) in [6, 6.07) is 8.58. The third kappa shape index (κ3) is 3.90. The van der Waals surface area contributed by atoms with Crippen LogP contribution in [0.25, 0.3) is 10.8 Å². The molecule has 1 aliphatic rings. The Morgan fingerprint density at radius 1 is 1.17 bits per heavy atom. The highest BCUT2D eigenvalue weighted by molar-refractivity contribution is 9.10. The molecule has 5 heteroatoms. The molecule has 1 amide bonds. The lowest BCUT2D eigenvalue weighted by Gasteiger charge is -2.31. The first kappa shape index (κ1) is 16.4. The van der Waals surface area contributed by atoms with E-state index in [1.807, 2.05) is 24.3 Å². The van der Waals surface area contributed by atoms with Crippen molar-refractivity contribution in [2.24, 2.45) is 5.92 Å². The smallest absolute Gasteiger partial charge is 0.228 e. The van der Waals surface area contributed by atoms with Crippen molar-refractivity contribution in [3.63, 3.8) is 0 Å². The highest BCUT2D eigenvalue weighted by atomic mass is 79.9. The molecule has 1 fully saturated rings. The number of hydrogen-bond acceptors (Lipinski definition) is 3. The molecule has 0 bridgehead atoms. The van der Waals surface area contributed by atoms with Gasteiger partial charge >= 0.3 is 0 Å². The molecule has 23 heavy (non-hydrogen) atoms. The van der Waals surface area contributed by atoms with Crippen LogP contribution in [0.1, 0.15) is 25.7 Å². The highest BCUT2D eigenvalue weighted by Crippen LogP contribution is 2.28. The van der Waals surface area contributed by atoms with Gasteiger partial charge in [-0.3, -0.25) is 4.79 Å². The van der Waals surface area contributed by atoms with E-state index in [1.54, 1.807) is 6.20 Å². The molecule has 122 valence electrons. The first-order chi connectivity index (χ1) is 11.0. The largest absolute Gasteiger partial charge is 0.310 e. The molecule has 0 atom stereocenters. The van der Waals surface area contributed by atoms with Crippen LogP contribution in [0.4, 0.5) is 5.82 Å². The Morgan fingerprint density at radius 2 is 1.91 bits per heavy atom. The number of carbonyl (C=O) groups is 1. The lowest BCUT2D eigenvalue weighted by atomic mass is 9.85. The summed E-state index contributed by atoms with van der Waals surface area (Å²) in [5.74, 6) is 0.839. The highest BCUT2D eigenvalue weighted by Gasteiger charge is 2.27. The van der Waals surface area contributed by atoms with Gasteiger partial charge in [-0.25, -0.2) is 4.98 Å². The standard InChI is InChI=1S/C18H22BrN3O/c1-22(2)16-7-4-12(5-8-16)18(23)21-17-10-14-9-15(19)6-3-13(14)11-20-17/h3,6,9-12,16H,4-5,7-8H2,1-2H3,(H,20,21,23)/t12-,16-. The summed E-state index contributed by atoms with van der Waals surface area (Å²) in [6.45, 7) is 0. The Bertz CT molecular complexity index is 708. The van der Waals surface area contributed by atoms with Gasteiger partial charge in [0, 0.05) is 28.0 Å². The molecule has 0 radical (unpaired) electrons. The van der Waals surface area contributed by atoms with Crippen molar-refractivity contribution in [3.8, 4) is 0 Å². The zero-order valence-corrected chi connectivity index (χ0v) is 15.1. The first-order valence-corrected chi connectivity index (χ1v) is 8.85. The van der Waals surface area contributed by atoms with Crippen molar-refractivity contribution < 1.29 is 4.79 Å². The van der Waals surface area contributed by atoms with E-state index in [2.05, 4.69) is 45.2 Å². The summed E-state index contributed by atoms with van der Waals surface area (Å²) < 4.78 is 1.02. The van der Waals surface area contributed by atoms with Crippen molar-refractivity contribution in [1.29, 1.82) is 0 Å². The third-order valence-electron chi connectivity index (χ3n) is 4.73. The van der Waals surface area contributed by atoms with E-state index in [0.717, 1.165) is 40.9 Å². The second-order valence-electron chi connectivity index (χ2n) is 6.52. The summed E-state index contributed by atoms with van der Waals surface area (Å²) in [5.41, 5.74) is 0. The number of pyridine rings is 1. The van der Waals surface area contributed by atoms with Gasteiger partial charge in [0.2, 0.25) is 5.91 Å². The number of halogens is 1. The van der Waals surface area contributed by atoms with E-state index in [0.29, 0.717) is 11.9 Å². The number of nitrogens with one attached hydrogen (secondary N) is 1. The maximum atomic E-state index is 12.5. The van der Waals surface area contributed by atoms with Crippen LogP contribution in [0.3, 0.4) is 0 Å². The number of benzene rings is 1. The predicted molar refractivity (Wildman–Crippen MR) is 97.5 cm³/mol. The zero-order chi connectivity index (χ0) is 16.4. The fraction of sp³-hybridized carbons (Fsp3) is 0.444. The van der Waals surface area contributed by atoms with Crippen LogP contribution in [0.5, 0.6) is 0 Å². The van der Waals surface area contributed by atoms with Crippen LogP contribution >= 0.6 is 15.9 Å². The summed E-state index contributed by atoms with van der Waals surface area (Å²) in [6.07, 6.45) is 5.88. The fourth-order valence-electron chi connectivity index (χ4n) is 3.26. The summed E-state index contributed by atoms with van der Waals surface area (Å²) in [4.78, 5) is 19.1. The number of anilines is 1. The predicted octanol–water partition coefficient (Wildman–Crippen LogP) is 4.06. The van der Waals surface area contributed by atoms with E-state index < -0.39 is 0 Å². The van der Waals surface area contributed by atoms with Crippen LogP contribution in [0.2, 0.25) is 0 Å². The molecule has 1 aromatic carbocycles. The molecular weight excluding hydrogens is 354 g/mol. The van der Waals surface area contributed by atoms with Gasteiger partial charge in [0.05, 0.1) is 0 Å². The molecule has 2 aromatic rings. The van der Waals surface area contributed by atoms with Crippen LogP contribution in [0.15, 0.2) is 34.9 Å². The maximum Gasteiger partial charge on any atom is 0.228 e. The molecule has 3 rings (SSSR count). The summed E-state index contributed by atoms with van der Waals surface area (Å²) in [5, 5.41) is 5.13. The molecule has 1 saturated carbocycles. The molecule has 0 unspecified atom stereocenters. The van der Waals surface area contributed by atoms with E-state index in [1.165, 1.54) is 0 Å². The quantitative estimate of drug-likeness (QED) is 0.879. The van der Waals surface area contributed by atoms with Crippen LogP contribution in [0, 0.1) is 5.92 Å². The van der Waals surface area contributed by atoms with Crippen molar-refractivity contribution in [1.82, 2.24) is 9.88 Å². The maximum absolute atomic E-state index is 12.5. The molecule has 0 aliphatic heterocycles. The minimum Gasteiger partial charge on any atom is -0.310 e. The van der Waals surface area contributed by atoms with E-state index in [-0.39, 0.29) is 11.8 Å². The lowest BCUT2D eigenvalue weighted by Crippen LogP contribution is -2.35. The van der Waals surface area contributed by atoms with Gasteiger partial charge in [0.25, 0.3) is 0 Å². The van der Waals surface area contributed by atoms with Crippen LogP contribution in [-0.2, 0) is 4.79 Å². The van der Waals surface area contributed by atoms with Crippen LogP contribution < -0.4 is 5.32 Å². The Labute approximate surface area is 145 Å². The molecule has 0 spiro atoms. The molecule has 4 nitrogen and oxygen atoms in total. The Kier molecular flexibility index (Phi) is 4.97. The molecule has 1 N–H and O–H groups in total. The number of aromatic nitrogens is 1. The van der Waals surface area contributed by atoms with E-state index in [9.17, 15) is 4.79 Å². The van der Waals surface area contributed by atoms with Gasteiger partial charge < -0.3 is 10.2 Å². The van der Waals surface area contributed by atoms with Crippen molar-refractivity contribution in [3.05, 3.63) is 34.9 Å². The number of carbonyl (C=O) groups excluding carboxylic acids is 1. The number of hydrogen-bond donors (Lipinski definition) is 1. The number of fused-ring (bicyclic) bond motifs is 1. The Balaban J connectivity index is 1.66. The van der Waals surface area contributed by atoms with Crippen molar-refractivity contribution in [2.45, 2.75) is 31.7 Å². The first-order valence-electron chi connectivity index (χ1n) is 8.05. The number of rotatable bonds is 3. The molecule has 1 aliphatic carbocycles. The van der Waals surface area contributed by atoms with Gasteiger partial charge in [-0.15, -0.1) is 0 Å². The second-order valence-corrected chi connectivity index (χ2v) is 7.44. The minimum absolute atomic E-state index is 0.101. The summed E-state index contributed by atoms with van der Waals surface area (Å²) >= 11 is 3.48. The Hall–Kier alpha value is -1.46. The lowest BCUT2D eigenvalue weighted by molar-refractivity contribution is -0.121. The summed E-state index contributed by atoms with van der Waals surface area (Å²) in [7, 11) is 4.23. The molecule has 1 aromatic heterocycles. The Morgan fingerprint density at radius 3 is 2.61 bits per heavy atom. The van der Waals surface area contributed by atoms with Gasteiger partial charge in [-0.05, 0) is 63.4 Å². The number of amides is 1. The third-order valence-corrected chi connectivity index (χ3v) is 5.23. The molecule has 0 saturated heterocycles. The van der Waals surface area contributed by atoms with Crippen LogP contribution in [-0.4, -0.2) is 35.9 Å². The monoisotopic (exact) mass is 375 g/mol. The van der Waals surface area contributed by atoms with Gasteiger partial charge in [-0.1, -0.05) is 22.0 Å². The minimum atomic E-state index is 0.101. The zero-order valence-electron chi connectivity index (χ0n) is 13.6. The van der Waals surface area contributed by atoms with E-state index >= 15 is 0 Å². The number of nitrogens with zero attached hydrogens (tertiary/aromatic N) is 2. The normalized spacial score (nSPS) is 21.6. The average molecular weight is 376 g/mol. The van der Waals surface area contributed by atoms with Gasteiger partial charge in [0.15, 0.2) is 0 Å². The van der Waals surface area contributed by atoms with Crippen molar-refractivity contribution in [2.75, 3.05) is 19.4 Å². The fourth-order valence-corrected chi connectivity index (χ4v) is 3.64. The van der Waals surface area contributed by atoms with Gasteiger partial charge in [0.1, 0.15) is 5.82 Å². The topological polar surface area (TPSA) is 45.2 Å². The SMILES string of the molecule is CN(C)[C@H]1CC[C@H](C(=O)Nc2cc3cc(Br)ccc3cn2)CC1.